The molecule has 0 spiro atoms. The lowest BCUT2D eigenvalue weighted by Gasteiger charge is -2.21. The zero-order valence-electron chi connectivity index (χ0n) is 21.2. The first-order chi connectivity index (χ1) is 17.6. The minimum Gasteiger partial charge on any atom is -0.468 e. The molecule has 0 saturated heterocycles. The number of aromatic nitrogens is 1. The van der Waals surface area contributed by atoms with Crippen LogP contribution in [0.15, 0.2) is 52.4 Å². The maximum atomic E-state index is 13.0. The summed E-state index contributed by atoms with van der Waals surface area (Å²) in [6, 6.07) is 10.8. The number of fused-ring (bicyclic) bond motifs is 1. The van der Waals surface area contributed by atoms with Gasteiger partial charge in [-0.15, -0.1) is 0 Å². The second-order valence-corrected chi connectivity index (χ2v) is 11.2. The summed E-state index contributed by atoms with van der Waals surface area (Å²) in [7, 11) is -2.40. The van der Waals surface area contributed by atoms with Crippen LogP contribution in [0.3, 0.4) is 0 Å². The number of amides is 2. The summed E-state index contributed by atoms with van der Waals surface area (Å²) in [5.41, 5.74) is 1.42. The van der Waals surface area contributed by atoms with Crippen molar-refractivity contribution in [1.82, 2.24) is 8.87 Å². The first-order valence-corrected chi connectivity index (χ1v) is 14.0. The highest BCUT2D eigenvalue weighted by atomic mass is 32.2. The minimum absolute atomic E-state index is 0.110. The van der Waals surface area contributed by atoms with E-state index in [0.717, 1.165) is 0 Å². The summed E-state index contributed by atoms with van der Waals surface area (Å²) in [5.74, 6) is -1.33. The molecule has 0 aliphatic rings. The first kappa shape index (κ1) is 28.2. The SMILES string of the molecule is CCCN(CCC)S(=O)(=O)c1ccc(C(=O)N=c2sc3cc(NC(C)=O)ccc3n2CC(=O)OC)cc1. The Labute approximate surface area is 219 Å². The van der Waals surface area contributed by atoms with Gasteiger partial charge in [0.1, 0.15) is 6.54 Å². The van der Waals surface area contributed by atoms with Crippen LogP contribution < -0.4 is 10.1 Å². The molecule has 3 rings (SSSR count). The normalized spacial score (nSPS) is 12.2. The Kier molecular flexibility index (Phi) is 9.35. The van der Waals surface area contributed by atoms with Crippen LogP contribution in [-0.4, -0.2) is 55.3 Å². The zero-order valence-corrected chi connectivity index (χ0v) is 22.8. The summed E-state index contributed by atoms with van der Waals surface area (Å²) in [5, 5.41) is 2.70. The van der Waals surface area contributed by atoms with Gasteiger partial charge in [-0.1, -0.05) is 25.2 Å². The van der Waals surface area contributed by atoms with E-state index in [1.807, 2.05) is 13.8 Å². The van der Waals surface area contributed by atoms with Crippen molar-refractivity contribution < 1.29 is 27.5 Å². The number of anilines is 1. The molecule has 37 heavy (non-hydrogen) atoms. The van der Waals surface area contributed by atoms with Crippen LogP contribution in [0.25, 0.3) is 10.2 Å². The number of nitrogens with one attached hydrogen (secondary N) is 1. The Morgan fingerprint density at radius 3 is 2.27 bits per heavy atom. The van der Waals surface area contributed by atoms with Crippen molar-refractivity contribution in [3.63, 3.8) is 0 Å². The molecule has 1 aromatic heterocycles. The molecular formula is C25H30N4O6S2. The minimum atomic E-state index is -3.67. The number of benzene rings is 2. The van der Waals surface area contributed by atoms with Crippen molar-refractivity contribution in [2.45, 2.75) is 45.1 Å². The van der Waals surface area contributed by atoms with Crippen LogP contribution in [0, 0.1) is 0 Å². The van der Waals surface area contributed by atoms with Gasteiger partial charge in [0.25, 0.3) is 5.91 Å². The fourth-order valence-corrected chi connectivity index (χ4v) is 6.40. The Morgan fingerprint density at radius 2 is 1.70 bits per heavy atom. The average Bonchev–Trinajstić information content (AvgIpc) is 3.19. The summed E-state index contributed by atoms with van der Waals surface area (Å²) < 4.78 is 34.5. The van der Waals surface area contributed by atoms with Crippen LogP contribution in [0.4, 0.5) is 5.69 Å². The summed E-state index contributed by atoms with van der Waals surface area (Å²) >= 11 is 1.18. The summed E-state index contributed by atoms with van der Waals surface area (Å²) in [6.07, 6.45) is 1.39. The van der Waals surface area contributed by atoms with Gasteiger partial charge >= 0.3 is 5.97 Å². The summed E-state index contributed by atoms with van der Waals surface area (Å²) in [4.78, 5) is 41.1. The summed E-state index contributed by atoms with van der Waals surface area (Å²) in [6.45, 7) is 5.91. The molecule has 0 aliphatic heterocycles. The third-order valence-electron chi connectivity index (χ3n) is 5.40. The monoisotopic (exact) mass is 546 g/mol. The number of ether oxygens (including phenoxy) is 1. The standard InChI is InChI=1S/C25H30N4O6S2/c1-5-13-28(14-6-2)37(33,34)20-10-7-18(8-11-20)24(32)27-25-29(16-23(31)35-4)21-12-9-19(26-17(3)30)15-22(21)36-25/h7-12,15H,5-6,13-14,16H2,1-4H3,(H,26,30). The number of rotatable bonds is 10. The van der Waals surface area contributed by atoms with Gasteiger partial charge in [-0.25, -0.2) is 8.42 Å². The highest BCUT2D eigenvalue weighted by Crippen LogP contribution is 2.23. The third kappa shape index (κ3) is 6.70. The van der Waals surface area contributed by atoms with E-state index in [2.05, 4.69) is 10.3 Å². The Hall–Kier alpha value is -3.35. The average molecular weight is 547 g/mol. The van der Waals surface area contributed by atoms with Crippen molar-refractivity contribution in [3.05, 3.63) is 52.8 Å². The largest absolute Gasteiger partial charge is 0.468 e. The van der Waals surface area contributed by atoms with E-state index in [0.29, 0.717) is 41.8 Å². The van der Waals surface area contributed by atoms with E-state index >= 15 is 0 Å². The molecular weight excluding hydrogens is 516 g/mol. The van der Waals surface area contributed by atoms with E-state index in [4.69, 9.17) is 4.74 Å². The quantitative estimate of drug-likeness (QED) is 0.389. The second kappa shape index (κ2) is 12.3. The van der Waals surface area contributed by atoms with Gasteiger partial charge in [0.15, 0.2) is 4.80 Å². The highest BCUT2D eigenvalue weighted by molar-refractivity contribution is 7.89. The second-order valence-electron chi connectivity index (χ2n) is 8.26. The number of methoxy groups -OCH3 is 1. The maximum absolute atomic E-state index is 13.0. The van der Waals surface area contributed by atoms with Crippen LogP contribution in [-0.2, 0) is 30.9 Å². The van der Waals surface area contributed by atoms with Crippen molar-refractivity contribution in [2.75, 3.05) is 25.5 Å². The number of hydrogen-bond acceptors (Lipinski definition) is 7. The Balaban J connectivity index is 1.99. The number of hydrogen-bond donors (Lipinski definition) is 1. The molecule has 10 nitrogen and oxygen atoms in total. The molecule has 0 bridgehead atoms. The van der Waals surface area contributed by atoms with E-state index in [1.165, 1.54) is 53.9 Å². The van der Waals surface area contributed by atoms with Gasteiger partial charge in [-0.05, 0) is 55.3 Å². The number of carbonyl (C=O) groups is 3. The molecule has 0 saturated carbocycles. The number of nitrogens with zero attached hydrogens (tertiary/aromatic N) is 3. The van der Waals surface area contributed by atoms with Crippen LogP contribution in [0.5, 0.6) is 0 Å². The number of esters is 1. The van der Waals surface area contributed by atoms with Gasteiger partial charge in [0.05, 0.1) is 22.2 Å². The molecule has 0 aliphatic carbocycles. The Morgan fingerprint density at radius 1 is 1.05 bits per heavy atom. The molecule has 2 aromatic carbocycles. The van der Waals surface area contributed by atoms with Gasteiger partial charge in [-0.3, -0.25) is 14.4 Å². The predicted molar refractivity (Wildman–Crippen MR) is 142 cm³/mol. The van der Waals surface area contributed by atoms with E-state index in [-0.39, 0.29) is 27.7 Å². The van der Waals surface area contributed by atoms with E-state index < -0.39 is 21.9 Å². The smallest absolute Gasteiger partial charge is 0.325 e. The molecule has 12 heteroatoms. The molecule has 2 amide bonds. The predicted octanol–water partition coefficient (Wildman–Crippen LogP) is 3.39. The van der Waals surface area contributed by atoms with Gasteiger partial charge in [0.2, 0.25) is 15.9 Å². The number of thiazole rings is 1. The van der Waals surface area contributed by atoms with Crippen LogP contribution in [0.1, 0.15) is 44.0 Å². The molecule has 0 fully saturated rings. The third-order valence-corrected chi connectivity index (χ3v) is 8.35. The number of sulfonamides is 1. The molecule has 198 valence electrons. The van der Waals surface area contributed by atoms with Gasteiger partial charge < -0.3 is 14.6 Å². The molecule has 3 aromatic rings. The van der Waals surface area contributed by atoms with Gasteiger partial charge in [0, 0.05) is 31.3 Å². The maximum Gasteiger partial charge on any atom is 0.325 e. The van der Waals surface area contributed by atoms with Crippen molar-refractivity contribution in [1.29, 1.82) is 0 Å². The lowest BCUT2D eigenvalue weighted by Crippen LogP contribution is -2.32. The number of carbonyl (C=O) groups excluding carboxylic acids is 3. The topological polar surface area (TPSA) is 127 Å². The first-order valence-electron chi connectivity index (χ1n) is 11.8. The van der Waals surface area contributed by atoms with E-state index in [1.54, 1.807) is 22.8 Å². The lowest BCUT2D eigenvalue weighted by molar-refractivity contribution is -0.141. The molecule has 1 heterocycles. The van der Waals surface area contributed by atoms with Crippen molar-refractivity contribution in [2.24, 2.45) is 4.99 Å². The van der Waals surface area contributed by atoms with Crippen LogP contribution >= 0.6 is 11.3 Å². The van der Waals surface area contributed by atoms with Crippen LogP contribution in [0.2, 0.25) is 0 Å². The van der Waals surface area contributed by atoms with Crippen molar-refractivity contribution >= 4 is 55.0 Å². The van der Waals surface area contributed by atoms with Crippen molar-refractivity contribution in [3.8, 4) is 0 Å². The Bertz CT molecular complexity index is 1470. The highest BCUT2D eigenvalue weighted by Gasteiger charge is 2.23. The lowest BCUT2D eigenvalue weighted by atomic mass is 10.2. The van der Waals surface area contributed by atoms with E-state index in [9.17, 15) is 22.8 Å². The molecule has 0 atom stereocenters. The molecule has 1 N–H and O–H groups in total. The zero-order chi connectivity index (χ0) is 27.2. The fraction of sp³-hybridized carbons (Fsp3) is 0.360. The van der Waals surface area contributed by atoms with Gasteiger partial charge in [-0.2, -0.15) is 9.30 Å². The molecule has 0 unspecified atom stereocenters. The molecule has 0 radical (unpaired) electrons. The fourth-order valence-electron chi connectivity index (χ4n) is 3.71.